The Morgan fingerprint density at radius 2 is 1.67 bits per heavy atom. The van der Waals surface area contributed by atoms with Gasteiger partial charge in [-0.1, -0.05) is 0 Å². The molecule has 2 N–H and O–H groups in total. The lowest BCUT2D eigenvalue weighted by Gasteiger charge is -2.12. The van der Waals surface area contributed by atoms with Crippen LogP contribution in [0.2, 0.25) is 0 Å². The van der Waals surface area contributed by atoms with Gasteiger partial charge in [0.15, 0.2) is 11.5 Å². The number of methoxy groups -OCH3 is 2. The molecule has 2 amide bonds. The standard InChI is InChI=1S/C19H21FN2O4S/c1-12-8-16(25-2)17(26-3)9-14(12)10-27-11-18(23)21-22-19(24)13-4-6-15(20)7-5-13/h4-9H,10-11H2,1-3H3,(H,21,23)(H,22,24). The number of carbonyl (C=O) groups is 2. The Hall–Kier alpha value is -2.74. The molecule has 2 aromatic carbocycles. The first-order chi connectivity index (χ1) is 12.9. The lowest BCUT2D eigenvalue weighted by atomic mass is 10.1. The Morgan fingerprint density at radius 1 is 1.04 bits per heavy atom. The van der Waals surface area contributed by atoms with E-state index in [1.807, 2.05) is 19.1 Å². The molecular formula is C19H21FN2O4S. The molecule has 0 bridgehead atoms. The van der Waals surface area contributed by atoms with Crippen LogP contribution in [0.25, 0.3) is 0 Å². The average molecular weight is 392 g/mol. The number of benzene rings is 2. The van der Waals surface area contributed by atoms with E-state index in [1.165, 1.54) is 36.0 Å². The van der Waals surface area contributed by atoms with Crippen molar-refractivity contribution in [2.24, 2.45) is 0 Å². The summed E-state index contributed by atoms with van der Waals surface area (Å²) in [6.45, 7) is 1.96. The summed E-state index contributed by atoms with van der Waals surface area (Å²) in [5.74, 6) is 0.776. The summed E-state index contributed by atoms with van der Waals surface area (Å²) >= 11 is 1.40. The molecule has 0 saturated heterocycles. The molecule has 0 aliphatic rings. The number of ether oxygens (including phenoxy) is 2. The van der Waals surface area contributed by atoms with Crippen LogP contribution in [0.1, 0.15) is 21.5 Å². The first kappa shape index (κ1) is 20.6. The van der Waals surface area contributed by atoms with Gasteiger partial charge in [-0.25, -0.2) is 4.39 Å². The maximum absolute atomic E-state index is 12.8. The van der Waals surface area contributed by atoms with Crippen molar-refractivity contribution in [3.63, 3.8) is 0 Å². The lowest BCUT2D eigenvalue weighted by molar-refractivity contribution is -0.119. The number of thioether (sulfide) groups is 1. The van der Waals surface area contributed by atoms with Crippen molar-refractivity contribution in [3.8, 4) is 11.5 Å². The number of hydrogen-bond donors (Lipinski definition) is 2. The zero-order valence-corrected chi connectivity index (χ0v) is 16.1. The SMILES string of the molecule is COc1cc(C)c(CSCC(=O)NNC(=O)c2ccc(F)cc2)cc1OC. The minimum absolute atomic E-state index is 0.164. The predicted molar refractivity (Wildman–Crippen MR) is 102 cm³/mol. The third kappa shape index (κ3) is 5.89. The molecule has 8 heteroatoms. The van der Waals surface area contributed by atoms with E-state index < -0.39 is 11.7 Å². The van der Waals surface area contributed by atoms with Crippen LogP contribution >= 0.6 is 11.8 Å². The van der Waals surface area contributed by atoms with Crippen LogP contribution in [0.5, 0.6) is 11.5 Å². The Kier molecular flexibility index (Phi) is 7.48. The fraction of sp³-hybridized carbons (Fsp3) is 0.263. The van der Waals surface area contributed by atoms with Crippen molar-refractivity contribution in [2.45, 2.75) is 12.7 Å². The van der Waals surface area contributed by atoms with Crippen molar-refractivity contribution >= 4 is 23.6 Å². The van der Waals surface area contributed by atoms with Crippen molar-refractivity contribution in [3.05, 3.63) is 58.9 Å². The minimum Gasteiger partial charge on any atom is -0.493 e. The smallest absolute Gasteiger partial charge is 0.269 e. The average Bonchev–Trinajstić information content (AvgIpc) is 2.67. The fourth-order valence-corrected chi connectivity index (χ4v) is 3.16. The van der Waals surface area contributed by atoms with Crippen LogP contribution in [0, 0.1) is 12.7 Å². The molecule has 0 aliphatic heterocycles. The number of nitrogens with one attached hydrogen (secondary N) is 2. The molecule has 0 saturated carbocycles. The number of hydrazine groups is 1. The normalized spacial score (nSPS) is 10.2. The lowest BCUT2D eigenvalue weighted by Crippen LogP contribution is -2.42. The summed E-state index contributed by atoms with van der Waals surface area (Å²) in [7, 11) is 3.15. The number of aryl methyl sites for hydroxylation is 1. The molecule has 0 unspecified atom stereocenters. The first-order valence-corrected chi connectivity index (χ1v) is 9.24. The van der Waals surface area contributed by atoms with Crippen LogP contribution in [-0.4, -0.2) is 31.8 Å². The summed E-state index contributed by atoms with van der Waals surface area (Å²) in [4.78, 5) is 23.7. The van der Waals surface area contributed by atoms with Crippen molar-refractivity contribution in [1.82, 2.24) is 10.9 Å². The highest BCUT2D eigenvalue weighted by Gasteiger charge is 2.11. The largest absolute Gasteiger partial charge is 0.493 e. The van der Waals surface area contributed by atoms with Gasteiger partial charge in [-0.2, -0.15) is 0 Å². The zero-order chi connectivity index (χ0) is 19.8. The predicted octanol–water partition coefficient (Wildman–Crippen LogP) is 2.85. The third-order valence-corrected chi connectivity index (χ3v) is 4.74. The minimum atomic E-state index is -0.510. The molecule has 0 aliphatic carbocycles. The summed E-state index contributed by atoms with van der Waals surface area (Å²) in [6, 6.07) is 8.81. The second-order valence-electron chi connectivity index (χ2n) is 5.64. The highest BCUT2D eigenvalue weighted by atomic mass is 32.2. The second kappa shape index (κ2) is 9.82. The van der Waals surface area contributed by atoms with Crippen molar-refractivity contribution in [2.75, 3.05) is 20.0 Å². The van der Waals surface area contributed by atoms with Gasteiger partial charge >= 0.3 is 0 Å². The van der Waals surface area contributed by atoms with Gasteiger partial charge in [-0.15, -0.1) is 11.8 Å². The summed E-state index contributed by atoms with van der Waals surface area (Å²) in [5.41, 5.74) is 6.96. The molecule has 144 valence electrons. The molecule has 0 aromatic heterocycles. The number of halogens is 1. The molecule has 0 spiro atoms. The van der Waals surface area contributed by atoms with E-state index in [1.54, 1.807) is 14.2 Å². The van der Waals surface area contributed by atoms with Gasteiger partial charge in [-0.05, 0) is 54.4 Å². The first-order valence-electron chi connectivity index (χ1n) is 8.08. The maximum Gasteiger partial charge on any atom is 0.269 e. The fourth-order valence-electron chi connectivity index (χ4n) is 2.27. The Morgan fingerprint density at radius 3 is 2.30 bits per heavy atom. The number of carbonyl (C=O) groups excluding carboxylic acids is 2. The van der Waals surface area contributed by atoms with E-state index in [9.17, 15) is 14.0 Å². The molecular weight excluding hydrogens is 371 g/mol. The molecule has 6 nitrogen and oxygen atoms in total. The molecule has 0 atom stereocenters. The molecule has 0 heterocycles. The van der Waals surface area contributed by atoms with Gasteiger partial charge in [0.1, 0.15) is 5.82 Å². The topological polar surface area (TPSA) is 76.7 Å². The third-order valence-electron chi connectivity index (χ3n) is 3.75. The van der Waals surface area contributed by atoms with Crippen molar-refractivity contribution in [1.29, 1.82) is 0 Å². The van der Waals surface area contributed by atoms with Crippen LogP contribution in [-0.2, 0) is 10.5 Å². The zero-order valence-electron chi connectivity index (χ0n) is 15.3. The van der Waals surface area contributed by atoms with E-state index >= 15 is 0 Å². The van der Waals surface area contributed by atoms with E-state index in [4.69, 9.17) is 9.47 Å². The number of amides is 2. The van der Waals surface area contributed by atoms with Crippen LogP contribution in [0.3, 0.4) is 0 Å². The summed E-state index contributed by atoms with van der Waals surface area (Å²) in [5, 5.41) is 0. The van der Waals surface area contributed by atoms with Gasteiger partial charge in [0.05, 0.1) is 20.0 Å². The van der Waals surface area contributed by atoms with Gasteiger partial charge in [0.25, 0.3) is 5.91 Å². The summed E-state index contributed by atoms with van der Waals surface area (Å²) in [6.07, 6.45) is 0. The van der Waals surface area contributed by atoms with Gasteiger partial charge in [-0.3, -0.25) is 20.4 Å². The van der Waals surface area contributed by atoms with Crippen molar-refractivity contribution < 1.29 is 23.5 Å². The monoisotopic (exact) mass is 392 g/mol. The van der Waals surface area contributed by atoms with Gasteiger partial charge in [0, 0.05) is 11.3 Å². The van der Waals surface area contributed by atoms with Gasteiger partial charge < -0.3 is 9.47 Å². The molecule has 0 fully saturated rings. The Labute approximate surface area is 161 Å². The maximum atomic E-state index is 12.8. The van der Waals surface area contributed by atoms with Gasteiger partial charge in [0.2, 0.25) is 5.91 Å². The van der Waals surface area contributed by atoms with E-state index in [2.05, 4.69) is 10.9 Å². The molecule has 2 aromatic rings. The van der Waals surface area contributed by atoms with E-state index in [-0.39, 0.29) is 17.2 Å². The quantitative estimate of drug-likeness (QED) is 0.709. The molecule has 27 heavy (non-hydrogen) atoms. The highest BCUT2D eigenvalue weighted by Crippen LogP contribution is 2.31. The Balaban J connectivity index is 1.81. The highest BCUT2D eigenvalue weighted by molar-refractivity contribution is 7.99. The Bertz CT molecular complexity index is 812. The van der Waals surface area contributed by atoms with E-state index in [0.29, 0.717) is 17.3 Å². The van der Waals surface area contributed by atoms with Crippen LogP contribution in [0.4, 0.5) is 4.39 Å². The number of hydrogen-bond acceptors (Lipinski definition) is 5. The molecule has 2 rings (SSSR count). The second-order valence-corrected chi connectivity index (χ2v) is 6.62. The summed E-state index contributed by atoms with van der Waals surface area (Å²) < 4.78 is 23.4. The number of rotatable bonds is 7. The molecule has 0 radical (unpaired) electrons. The van der Waals surface area contributed by atoms with Crippen LogP contribution < -0.4 is 20.3 Å². The van der Waals surface area contributed by atoms with E-state index in [0.717, 1.165) is 11.1 Å². The van der Waals surface area contributed by atoms with Crippen LogP contribution in [0.15, 0.2) is 36.4 Å².